The summed E-state index contributed by atoms with van der Waals surface area (Å²) in [5.41, 5.74) is 3.87. The first-order chi connectivity index (χ1) is 11.1. The monoisotopic (exact) mass is 381 g/mol. The number of aryl methyl sites for hydroxylation is 1. The lowest BCUT2D eigenvalue weighted by Crippen LogP contribution is -2.51. The number of piperidine rings is 1. The van der Waals surface area contributed by atoms with Crippen LogP contribution < -0.4 is 10.6 Å². The summed E-state index contributed by atoms with van der Waals surface area (Å²) in [4.78, 5) is 16.8. The number of nitrogens with one attached hydrogen (secondary N) is 2. The number of carbonyl (C=O) groups is 1. The van der Waals surface area contributed by atoms with E-state index in [1.807, 2.05) is 6.07 Å². The highest BCUT2D eigenvalue weighted by Crippen LogP contribution is 2.20. The fraction of sp³-hybridized carbons (Fsp3) is 0.368. The lowest BCUT2D eigenvalue weighted by atomic mass is 9.99. The number of pyridine rings is 1. The van der Waals surface area contributed by atoms with Gasteiger partial charge in [-0.2, -0.15) is 0 Å². The molecule has 0 saturated carbocycles. The molecule has 3 rings (SSSR count). The van der Waals surface area contributed by atoms with Crippen molar-refractivity contribution in [3.63, 3.8) is 0 Å². The number of hydrogen-bond donors (Lipinski definition) is 2. The topological polar surface area (TPSA) is 54.0 Å². The van der Waals surface area contributed by atoms with Crippen LogP contribution in [0.2, 0.25) is 0 Å². The first-order valence-electron chi connectivity index (χ1n) is 8.20. The Morgan fingerprint density at radius 3 is 2.56 bits per heavy atom. The maximum atomic E-state index is 12.5. The van der Waals surface area contributed by atoms with Gasteiger partial charge in [-0.1, -0.05) is 29.8 Å². The third-order valence-corrected chi connectivity index (χ3v) is 4.46. The van der Waals surface area contributed by atoms with E-state index in [2.05, 4.69) is 53.7 Å². The van der Waals surface area contributed by atoms with Crippen LogP contribution in [0.4, 0.5) is 0 Å². The Morgan fingerprint density at radius 1 is 1.16 bits per heavy atom. The number of rotatable bonds is 3. The van der Waals surface area contributed by atoms with Gasteiger partial charge in [-0.3, -0.25) is 9.78 Å². The van der Waals surface area contributed by atoms with Crippen LogP contribution in [0, 0.1) is 6.92 Å². The maximum absolute atomic E-state index is 12.5. The molecule has 136 valence electrons. The van der Waals surface area contributed by atoms with Crippen molar-refractivity contribution in [2.75, 3.05) is 6.54 Å². The summed E-state index contributed by atoms with van der Waals surface area (Å²) in [6.45, 7) is 5.20. The third kappa shape index (κ3) is 5.43. The van der Waals surface area contributed by atoms with Gasteiger partial charge < -0.3 is 10.6 Å². The van der Waals surface area contributed by atoms with Crippen LogP contribution in [0.15, 0.2) is 42.7 Å². The molecule has 1 aliphatic heterocycles. The highest BCUT2D eigenvalue weighted by Gasteiger charge is 2.23. The second kappa shape index (κ2) is 9.76. The second-order valence-electron chi connectivity index (χ2n) is 6.29. The van der Waals surface area contributed by atoms with Crippen LogP contribution >= 0.6 is 24.8 Å². The molecule has 2 aromatic rings. The Balaban J connectivity index is 0.00000156. The predicted molar refractivity (Wildman–Crippen MR) is 107 cm³/mol. The summed E-state index contributed by atoms with van der Waals surface area (Å²) >= 11 is 0. The molecule has 4 nitrogen and oxygen atoms in total. The largest absolute Gasteiger partial charge is 0.348 e. The van der Waals surface area contributed by atoms with Crippen LogP contribution in [0.1, 0.15) is 35.7 Å². The smallest absolute Gasteiger partial charge is 0.253 e. The van der Waals surface area contributed by atoms with E-state index < -0.39 is 0 Å². The van der Waals surface area contributed by atoms with Crippen LogP contribution in [0.25, 0.3) is 11.1 Å². The van der Waals surface area contributed by atoms with Crippen molar-refractivity contribution in [1.29, 1.82) is 0 Å². The number of hydrogen-bond acceptors (Lipinski definition) is 3. The van der Waals surface area contributed by atoms with Crippen LogP contribution in [-0.2, 0) is 0 Å². The molecule has 25 heavy (non-hydrogen) atoms. The fourth-order valence-corrected chi connectivity index (χ4v) is 2.96. The summed E-state index contributed by atoms with van der Waals surface area (Å²) in [5, 5.41) is 6.53. The standard InChI is InChI=1S/C19H23N3O.2ClH/c1-13-5-7-15(8-6-13)16-10-17(12-20-11-16)19(23)22-18-4-3-9-21-14(18)2;;/h5-8,10-12,14,18,21H,3-4,9H2,1-2H3,(H,22,23);2*1H. The molecule has 1 amide bonds. The predicted octanol–water partition coefficient (Wildman–Crippen LogP) is 3.77. The quantitative estimate of drug-likeness (QED) is 0.850. The lowest BCUT2D eigenvalue weighted by molar-refractivity contribution is 0.0919. The molecule has 2 heterocycles. The zero-order valence-corrected chi connectivity index (χ0v) is 16.1. The van der Waals surface area contributed by atoms with Gasteiger partial charge in [-0.15, -0.1) is 24.8 Å². The van der Waals surface area contributed by atoms with Crippen LogP contribution in [0.5, 0.6) is 0 Å². The van der Waals surface area contributed by atoms with E-state index in [1.165, 1.54) is 5.56 Å². The second-order valence-corrected chi connectivity index (χ2v) is 6.29. The van der Waals surface area contributed by atoms with Gasteiger partial charge in [0.05, 0.1) is 5.56 Å². The number of aromatic nitrogens is 1. The summed E-state index contributed by atoms with van der Waals surface area (Å²) in [6, 6.07) is 10.6. The minimum Gasteiger partial charge on any atom is -0.348 e. The third-order valence-electron chi connectivity index (χ3n) is 4.46. The van der Waals surface area contributed by atoms with Crippen molar-refractivity contribution in [2.45, 2.75) is 38.8 Å². The molecule has 0 spiro atoms. The number of nitrogens with zero attached hydrogens (tertiary/aromatic N) is 1. The molecule has 1 aromatic heterocycles. The highest BCUT2D eigenvalue weighted by molar-refractivity contribution is 5.95. The number of carbonyl (C=O) groups excluding carboxylic acids is 1. The van der Waals surface area contributed by atoms with Crippen LogP contribution in [-0.4, -0.2) is 29.5 Å². The van der Waals surface area contributed by atoms with Crippen molar-refractivity contribution in [2.24, 2.45) is 0 Å². The number of amides is 1. The van der Waals surface area contributed by atoms with Gasteiger partial charge in [-0.05, 0) is 44.9 Å². The van der Waals surface area contributed by atoms with Crippen LogP contribution in [0.3, 0.4) is 0 Å². The average molecular weight is 382 g/mol. The molecule has 0 aliphatic carbocycles. The van der Waals surface area contributed by atoms with Gasteiger partial charge in [0.2, 0.25) is 0 Å². The zero-order chi connectivity index (χ0) is 16.2. The van der Waals surface area contributed by atoms with Crippen molar-refractivity contribution in [3.05, 3.63) is 53.9 Å². The molecule has 6 heteroatoms. The van der Waals surface area contributed by atoms with E-state index in [1.54, 1.807) is 12.4 Å². The van der Waals surface area contributed by atoms with Gasteiger partial charge in [0.15, 0.2) is 0 Å². The Labute approximate surface area is 161 Å². The molecule has 2 atom stereocenters. The van der Waals surface area contributed by atoms with E-state index in [4.69, 9.17) is 0 Å². The summed E-state index contributed by atoms with van der Waals surface area (Å²) in [6.07, 6.45) is 5.54. The normalized spacial score (nSPS) is 19.3. The van der Waals surface area contributed by atoms with Gasteiger partial charge in [0.1, 0.15) is 0 Å². The molecule has 1 aromatic carbocycles. The molecule has 0 radical (unpaired) electrons. The Morgan fingerprint density at radius 2 is 1.88 bits per heavy atom. The highest BCUT2D eigenvalue weighted by atomic mass is 35.5. The fourth-order valence-electron chi connectivity index (χ4n) is 2.96. The first kappa shape index (κ1) is 21.4. The molecular formula is C19H25Cl2N3O. The van der Waals surface area contributed by atoms with E-state index >= 15 is 0 Å². The van der Waals surface area contributed by atoms with E-state index in [0.717, 1.165) is 30.5 Å². The Hall–Kier alpha value is -1.62. The summed E-state index contributed by atoms with van der Waals surface area (Å²) in [7, 11) is 0. The maximum Gasteiger partial charge on any atom is 0.253 e. The van der Waals surface area contributed by atoms with Crippen molar-refractivity contribution in [1.82, 2.24) is 15.6 Å². The molecule has 1 fully saturated rings. The number of halogens is 2. The van der Waals surface area contributed by atoms with Gasteiger partial charge in [-0.25, -0.2) is 0 Å². The molecule has 0 bridgehead atoms. The zero-order valence-electron chi connectivity index (χ0n) is 14.5. The van der Waals surface area contributed by atoms with Crippen molar-refractivity contribution >= 4 is 30.7 Å². The van der Waals surface area contributed by atoms with E-state index in [9.17, 15) is 4.79 Å². The molecule has 2 N–H and O–H groups in total. The molecular weight excluding hydrogens is 357 g/mol. The Bertz CT molecular complexity index is 691. The van der Waals surface area contributed by atoms with Gasteiger partial charge >= 0.3 is 0 Å². The minimum atomic E-state index is -0.0491. The lowest BCUT2D eigenvalue weighted by Gasteiger charge is -2.30. The van der Waals surface area contributed by atoms with Gasteiger partial charge in [0, 0.05) is 30.0 Å². The average Bonchev–Trinajstić information content (AvgIpc) is 2.58. The molecule has 1 saturated heterocycles. The Kier molecular flexibility index (Phi) is 8.36. The van der Waals surface area contributed by atoms with Gasteiger partial charge in [0.25, 0.3) is 5.91 Å². The first-order valence-corrected chi connectivity index (χ1v) is 8.20. The molecule has 2 unspecified atom stereocenters. The SMILES string of the molecule is Cc1ccc(-c2cncc(C(=O)NC3CCCNC3C)c2)cc1.Cl.Cl. The van der Waals surface area contributed by atoms with Crippen molar-refractivity contribution in [3.8, 4) is 11.1 Å². The van der Waals surface area contributed by atoms with E-state index in [-0.39, 0.29) is 36.8 Å². The summed E-state index contributed by atoms with van der Waals surface area (Å²) in [5.74, 6) is -0.0491. The molecule has 1 aliphatic rings. The number of benzene rings is 1. The minimum absolute atomic E-state index is 0. The van der Waals surface area contributed by atoms with E-state index in [0.29, 0.717) is 11.6 Å². The summed E-state index contributed by atoms with van der Waals surface area (Å²) < 4.78 is 0. The van der Waals surface area contributed by atoms with Crippen molar-refractivity contribution < 1.29 is 4.79 Å².